The second-order valence-electron chi connectivity index (χ2n) is 8.13. The molecule has 0 aromatic heterocycles. The van der Waals surface area contributed by atoms with E-state index in [1.807, 2.05) is 32.0 Å². The number of rotatable bonds is 6. The van der Waals surface area contributed by atoms with Gasteiger partial charge in [-0.2, -0.15) is 4.31 Å². The molecule has 0 saturated carbocycles. The van der Waals surface area contributed by atoms with Crippen LogP contribution >= 0.6 is 0 Å². The molecule has 1 fully saturated rings. The van der Waals surface area contributed by atoms with Gasteiger partial charge in [0.25, 0.3) is 5.91 Å². The number of sulfonamides is 1. The van der Waals surface area contributed by atoms with Crippen LogP contribution in [0, 0.1) is 6.92 Å². The van der Waals surface area contributed by atoms with E-state index in [2.05, 4.69) is 5.32 Å². The van der Waals surface area contributed by atoms with Gasteiger partial charge in [0.15, 0.2) is 11.5 Å². The lowest BCUT2D eigenvalue weighted by Crippen LogP contribution is -2.42. The number of carbonyl (C=O) groups excluding carboxylic acids is 1. The highest BCUT2D eigenvalue weighted by Crippen LogP contribution is 2.32. The SMILES string of the molecule is Cc1ccc(S(=O)(=O)N2CCCC[C@@H]2C)cc1C(=O)NCCc1ccc2c(c1)OCO2. The smallest absolute Gasteiger partial charge is 0.251 e. The number of hydrogen-bond acceptors (Lipinski definition) is 5. The maximum absolute atomic E-state index is 13.1. The minimum Gasteiger partial charge on any atom is -0.454 e. The molecule has 0 spiro atoms. The first-order chi connectivity index (χ1) is 14.9. The second kappa shape index (κ2) is 8.88. The Hall–Kier alpha value is -2.58. The molecular formula is C23H28N2O5S. The number of piperidine rings is 1. The minimum atomic E-state index is -3.63. The lowest BCUT2D eigenvalue weighted by atomic mass is 10.1. The highest BCUT2D eigenvalue weighted by molar-refractivity contribution is 7.89. The molecule has 166 valence electrons. The van der Waals surface area contributed by atoms with Gasteiger partial charge in [-0.05, 0) is 68.5 Å². The number of aryl methyl sites for hydroxylation is 1. The Morgan fingerprint density at radius 1 is 1.13 bits per heavy atom. The Bertz CT molecular complexity index is 1080. The summed E-state index contributed by atoms with van der Waals surface area (Å²) in [6, 6.07) is 10.5. The van der Waals surface area contributed by atoms with Gasteiger partial charge in [0.05, 0.1) is 4.90 Å². The van der Waals surface area contributed by atoms with Gasteiger partial charge in [0.1, 0.15) is 0 Å². The Morgan fingerprint density at radius 2 is 1.94 bits per heavy atom. The molecule has 8 heteroatoms. The van der Waals surface area contributed by atoms with Crippen LogP contribution in [0.15, 0.2) is 41.3 Å². The Balaban J connectivity index is 1.44. The van der Waals surface area contributed by atoms with Crippen LogP contribution in [0.3, 0.4) is 0 Å². The Kier molecular flexibility index (Phi) is 6.20. The van der Waals surface area contributed by atoms with Crippen LogP contribution in [-0.2, 0) is 16.4 Å². The monoisotopic (exact) mass is 444 g/mol. The average Bonchev–Trinajstić information content (AvgIpc) is 3.22. The molecule has 0 radical (unpaired) electrons. The van der Waals surface area contributed by atoms with Crippen molar-refractivity contribution in [3.8, 4) is 11.5 Å². The summed E-state index contributed by atoms with van der Waals surface area (Å²) in [5.74, 6) is 1.16. The van der Waals surface area contributed by atoms with E-state index in [1.54, 1.807) is 16.4 Å². The van der Waals surface area contributed by atoms with Crippen molar-refractivity contribution >= 4 is 15.9 Å². The van der Waals surface area contributed by atoms with Crippen molar-refractivity contribution in [3.63, 3.8) is 0 Å². The summed E-state index contributed by atoms with van der Waals surface area (Å²) < 4.78 is 38.5. The van der Waals surface area contributed by atoms with E-state index in [1.165, 1.54) is 6.07 Å². The fourth-order valence-corrected chi connectivity index (χ4v) is 5.81. The fraction of sp³-hybridized carbons (Fsp3) is 0.435. The van der Waals surface area contributed by atoms with Crippen LogP contribution in [0.1, 0.15) is 47.7 Å². The van der Waals surface area contributed by atoms with Crippen LogP contribution < -0.4 is 14.8 Å². The third-order valence-corrected chi connectivity index (χ3v) is 7.95. The van der Waals surface area contributed by atoms with Gasteiger partial charge >= 0.3 is 0 Å². The molecule has 1 atom stereocenters. The molecule has 2 aromatic carbocycles. The molecule has 7 nitrogen and oxygen atoms in total. The molecule has 2 aromatic rings. The van der Waals surface area contributed by atoms with Gasteiger partial charge in [-0.1, -0.05) is 18.6 Å². The van der Waals surface area contributed by atoms with Gasteiger partial charge in [-0.25, -0.2) is 8.42 Å². The predicted octanol–water partition coefficient (Wildman–Crippen LogP) is 3.26. The van der Waals surface area contributed by atoms with E-state index < -0.39 is 10.0 Å². The van der Waals surface area contributed by atoms with E-state index in [0.717, 1.165) is 36.1 Å². The van der Waals surface area contributed by atoms with Crippen molar-refractivity contribution in [2.75, 3.05) is 19.9 Å². The lowest BCUT2D eigenvalue weighted by Gasteiger charge is -2.32. The molecule has 0 unspecified atom stereocenters. The van der Waals surface area contributed by atoms with E-state index in [0.29, 0.717) is 30.8 Å². The van der Waals surface area contributed by atoms with Gasteiger partial charge in [0, 0.05) is 24.7 Å². The zero-order valence-corrected chi connectivity index (χ0v) is 18.7. The number of nitrogens with one attached hydrogen (secondary N) is 1. The van der Waals surface area contributed by atoms with Crippen LogP contribution in [0.5, 0.6) is 11.5 Å². The largest absolute Gasteiger partial charge is 0.454 e. The summed E-state index contributed by atoms with van der Waals surface area (Å²) in [5.41, 5.74) is 2.15. The number of amides is 1. The van der Waals surface area contributed by atoms with Crippen LogP contribution in [-0.4, -0.2) is 44.6 Å². The number of fused-ring (bicyclic) bond motifs is 1. The van der Waals surface area contributed by atoms with Crippen molar-refractivity contribution in [2.24, 2.45) is 0 Å². The highest BCUT2D eigenvalue weighted by Gasteiger charge is 2.31. The van der Waals surface area contributed by atoms with Gasteiger partial charge in [-0.3, -0.25) is 4.79 Å². The number of benzene rings is 2. The maximum atomic E-state index is 13.1. The minimum absolute atomic E-state index is 0.0287. The molecule has 31 heavy (non-hydrogen) atoms. The molecule has 2 heterocycles. The van der Waals surface area contributed by atoms with E-state index >= 15 is 0 Å². The Morgan fingerprint density at radius 3 is 2.74 bits per heavy atom. The average molecular weight is 445 g/mol. The van der Waals surface area contributed by atoms with Gasteiger partial charge in [0.2, 0.25) is 16.8 Å². The van der Waals surface area contributed by atoms with Crippen molar-refractivity contribution in [2.45, 2.75) is 50.5 Å². The van der Waals surface area contributed by atoms with Crippen molar-refractivity contribution in [1.82, 2.24) is 9.62 Å². The molecular weight excluding hydrogens is 416 g/mol. The van der Waals surface area contributed by atoms with E-state index in [9.17, 15) is 13.2 Å². The maximum Gasteiger partial charge on any atom is 0.251 e. The number of nitrogens with zero attached hydrogens (tertiary/aromatic N) is 1. The molecule has 0 aliphatic carbocycles. The molecule has 4 rings (SSSR count). The summed E-state index contributed by atoms with van der Waals surface area (Å²) in [5, 5.41) is 2.90. The summed E-state index contributed by atoms with van der Waals surface area (Å²) in [4.78, 5) is 13.0. The van der Waals surface area contributed by atoms with Crippen LogP contribution in [0.25, 0.3) is 0 Å². The predicted molar refractivity (Wildman–Crippen MR) is 117 cm³/mol. The topological polar surface area (TPSA) is 84.9 Å². The highest BCUT2D eigenvalue weighted by atomic mass is 32.2. The first kappa shape index (κ1) is 21.6. The zero-order valence-electron chi connectivity index (χ0n) is 17.9. The van der Waals surface area contributed by atoms with Crippen molar-refractivity contribution in [1.29, 1.82) is 0 Å². The van der Waals surface area contributed by atoms with Gasteiger partial charge in [-0.15, -0.1) is 0 Å². The van der Waals surface area contributed by atoms with Crippen molar-refractivity contribution in [3.05, 3.63) is 53.1 Å². The molecule has 2 aliphatic rings. The van der Waals surface area contributed by atoms with E-state index in [4.69, 9.17) is 9.47 Å². The zero-order chi connectivity index (χ0) is 22.0. The first-order valence-corrected chi connectivity index (χ1v) is 12.1. The summed E-state index contributed by atoms with van der Waals surface area (Å²) in [6.45, 7) is 4.93. The molecule has 1 saturated heterocycles. The molecule has 1 N–H and O–H groups in total. The molecule has 0 bridgehead atoms. The summed E-state index contributed by atoms with van der Waals surface area (Å²) in [6.07, 6.45) is 3.39. The summed E-state index contributed by atoms with van der Waals surface area (Å²) >= 11 is 0. The lowest BCUT2D eigenvalue weighted by molar-refractivity contribution is 0.0953. The third-order valence-electron chi connectivity index (χ3n) is 5.94. The quantitative estimate of drug-likeness (QED) is 0.739. The first-order valence-electron chi connectivity index (χ1n) is 10.7. The number of hydrogen-bond donors (Lipinski definition) is 1. The standard InChI is InChI=1S/C23H28N2O5S/c1-16-6-8-19(31(27,28)25-12-4-3-5-17(25)2)14-20(16)23(26)24-11-10-18-7-9-21-22(13-18)30-15-29-21/h6-9,13-14,17H,3-5,10-12,15H2,1-2H3,(H,24,26)/t17-/m0/s1. The normalized spacial score (nSPS) is 18.7. The van der Waals surface area contributed by atoms with Crippen LogP contribution in [0.4, 0.5) is 0 Å². The molecule has 1 amide bonds. The Labute approximate surface area is 183 Å². The second-order valence-corrected chi connectivity index (χ2v) is 10.0. The van der Waals surface area contributed by atoms with Crippen LogP contribution in [0.2, 0.25) is 0 Å². The van der Waals surface area contributed by atoms with Crippen molar-refractivity contribution < 1.29 is 22.7 Å². The summed E-state index contributed by atoms with van der Waals surface area (Å²) in [7, 11) is -3.63. The molecule has 2 aliphatic heterocycles. The third kappa shape index (κ3) is 4.55. The fourth-order valence-electron chi connectivity index (χ4n) is 4.08. The van der Waals surface area contributed by atoms with Gasteiger partial charge < -0.3 is 14.8 Å². The van der Waals surface area contributed by atoms with E-state index in [-0.39, 0.29) is 23.6 Å². The number of carbonyl (C=O) groups is 1. The number of ether oxygens (including phenoxy) is 2.